The lowest BCUT2D eigenvalue weighted by Crippen LogP contribution is -2.48. The summed E-state index contributed by atoms with van der Waals surface area (Å²) in [5, 5.41) is 13.1. The molecular weight excluding hydrogens is 454 g/mol. The van der Waals surface area contributed by atoms with E-state index >= 15 is 0 Å². The zero-order valence-electron chi connectivity index (χ0n) is 19.2. The molecule has 35 heavy (non-hydrogen) atoms. The zero-order chi connectivity index (χ0) is 24.7. The smallest absolute Gasteiger partial charge is 0.258 e. The molecule has 182 valence electrons. The number of hydrogen-bond acceptors (Lipinski definition) is 5. The van der Waals surface area contributed by atoms with E-state index in [0.717, 1.165) is 23.8 Å². The number of carbonyl (C=O) groups is 1. The maximum atomic E-state index is 14.6. The van der Waals surface area contributed by atoms with E-state index in [-0.39, 0.29) is 36.1 Å². The van der Waals surface area contributed by atoms with Gasteiger partial charge in [0, 0.05) is 67.3 Å². The lowest BCUT2D eigenvalue weighted by atomic mass is 9.88. The molecule has 1 fully saturated rings. The predicted molar refractivity (Wildman–Crippen MR) is 125 cm³/mol. The summed E-state index contributed by atoms with van der Waals surface area (Å²) in [5.74, 6) is -2.15. The highest BCUT2D eigenvalue weighted by molar-refractivity contribution is 5.82. The summed E-state index contributed by atoms with van der Waals surface area (Å²) in [6, 6.07) is 9.21. The van der Waals surface area contributed by atoms with Crippen LogP contribution in [-0.2, 0) is 17.9 Å². The highest BCUT2D eigenvalue weighted by atomic mass is 19.1. The third-order valence-electron chi connectivity index (χ3n) is 7.16. The van der Waals surface area contributed by atoms with Crippen molar-refractivity contribution in [3.63, 3.8) is 0 Å². The van der Waals surface area contributed by atoms with Gasteiger partial charge in [-0.2, -0.15) is 0 Å². The Balaban J connectivity index is 1.61. The van der Waals surface area contributed by atoms with Crippen LogP contribution in [0.3, 0.4) is 0 Å². The molecule has 5 rings (SSSR count). The second-order valence-corrected chi connectivity index (χ2v) is 9.03. The van der Waals surface area contributed by atoms with Crippen LogP contribution in [0.15, 0.2) is 59.7 Å². The summed E-state index contributed by atoms with van der Waals surface area (Å²) in [5.41, 5.74) is 1.91. The van der Waals surface area contributed by atoms with Crippen molar-refractivity contribution in [2.75, 3.05) is 13.2 Å². The average molecular weight is 481 g/mol. The monoisotopic (exact) mass is 480 g/mol. The highest BCUT2D eigenvalue weighted by Crippen LogP contribution is 2.50. The van der Waals surface area contributed by atoms with Crippen molar-refractivity contribution >= 4 is 5.91 Å². The fourth-order valence-electron chi connectivity index (χ4n) is 5.68. The molecule has 2 aliphatic rings. The molecule has 2 N–H and O–H groups in total. The summed E-state index contributed by atoms with van der Waals surface area (Å²) < 4.78 is 30.2. The molecule has 1 saturated heterocycles. The number of amides is 1. The van der Waals surface area contributed by atoms with Crippen LogP contribution in [0.4, 0.5) is 8.78 Å². The van der Waals surface area contributed by atoms with Gasteiger partial charge in [0.25, 0.3) is 5.56 Å². The van der Waals surface area contributed by atoms with Gasteiger partial charge in [-0.15, -0.1) is 0 Å². The lowest BCUT2D eigenvalue weighted by molar-refractivity contribution is -0.127. The van der Waals surface area contributed by atoms with Crippen LogP contribution >= 0.6 is 0 Å². The van der Waals surface area contributed by atoms with E-state index in [9.17, 15) is 23.5 Å². The number of nitrogens with zero attached hydrogens (tertiary/aromatic N) is 3. The normalized spacial score (nSPS) is 23.2. The number of rotatable bonds is 6. The van der Waals surface area contributed by atoms with Crippen molar-refractivity contribution in [3.05, 3.63) is 88.1 Å². The van der Waals surface area contributed by atoms with Gasteiger partial charge in [0.2, 0.25) is 5.91 Å². The second-order valence-electron chi connectivity index (χ2n) is 9.03. The molecule has 0 unspecified atom stereocenters. The van der Waals surface area contributed by atoms with Crippen LogP contribution in [0.5, 0.6) is 0 Å². The number of hydrogen-bond donors (Lipinski definition) is 2. The summed E-state index contributed by atoms with van der Waals surface area (Å²) in [4.78, 5) is 32.4. The van der Waals surface area contributed by atoms with E-state index in [1.165, 1.54) is 0 Å². The van der Waals surface area contributed by atoms with E-state index in [0.29, 0.717) is 24.3 Å². The first-order valence-corrected chi connectivity index (χ1v) is 11.7. The van der Waals surface area contributed by atoms with Gasteiger partial charge >= 0.3 is 0 Å². The Morgan fingerprint density at radius 2 is 1.94 bits per heavy atom. The molecule has 0 aliphatic carbocycles. The Labute approximate surface area is 201 Å². The molecule has 4 heterocycles. The highest BCUT2D eigenvalue weighted by Gasteiger charge is 2.55. The molecule has 7 nitrogen and oxygen atoms in total. The molecular formula is C26H26F2N4O3. The van der Waals surface area contributed by atoms with Crippen molar-refractivity contribution in [2.45, 2.75) is 32.1 Å². The lowest BCUT2D eigenvalue weighted by Gasteiger charge is -2.31. The second kappa shape index (κ2) is 9.31. The summed E-state index contributed by atoms with van der Waals surface area (Å²) >= 11 is 0. The minimum absolute atomic E-state index is 0.0383. The van der Waals surface area contributed by atoms with Crippen LogP contribution < -0.4 is 10.9 Å². The predicted octanol–water partition coefficient (Wildman–Crippen LogP) is 2.49. The molecule has 2 aromatic heterocycles. The number of likely N-dealkylation sites (N-methyl/N-ethyl adjacent to an activating group) is 1. The summed E-state index contributed by atoms with van der Waals surface area (Å²) in [6.45, 7) is 2.21. The third-order valence-corrected chi connectivity index (χ3v) is 7.16. The average Bonchev–Trinajstić information content (AvgIpc) is 3.38. The molecule has 1 aromatic carbocycles. The Morgan fingerprint density at radius 3 is 2.66 bits per heavy atom. The number of carbonyl (C=O) groups excluding carboxylic acids is 1. The van der Waals surface area contributed by atoms with Crippen molar-refractivity contribution < 1.29 is 18.7 Å². The van der Waals surface area contributed by atoms with Crippen molar-refractivity contribution in [2.24, 2.45) is 11.8 Å². The van der Waals surface area contributed by atoms with Gasteiger partial charge in [-0.05, 0) is 55.0 Å². The Morgan fingerprint density at radius 1 is 1.17 bits per heavy atom. The maximum absolute atomic E-state index is 14.6. The molecule has 2 aliphatic heterocycles. The first kappa shape index (κ1) is 23.3. The van der Waals surface area contributed by atoms with Gasteiger partial charge in [0.1, 0.15) is 11.6 Å². The van der Waals surface area contributed by atoms with Gasteiger partial charge in [-0.3, -0.25) is 19.5 Å². The van der Waals surface area contributed by atoms with Crippen LogP contribution in [-0.4, -0.2) is 44.7 Å². The number of aliphatic hydroxyl groups excluding tert-OH is 1. The van der Waals surface area contributed by atoms with Gasteiger partial charge in [0.15, 0.2) is 0 Å². The molecule has 9 heteroatoms. The van der Waals surface area contributed by atoms with Gasteiger partial charge in [0.05, 0.1) is 12.1 Å². The van der Waals surface area contributed by atoms with Crippen molar-refractivity contribution in [1.82, 2.24) is 19.8 Å². The largest absolute Gasteiger partial charge is 0.396 e. The zero-order valence-corrected chi connectivity index (χ0v) is 19.2. The van der Waals surface area contributed by atoms with Crippen molar-refractivity contribution in [3.8, 4) is 11.1 Å². The number of benzene rings is 1. The first-order valence-electron chi connectivity index (χ1n) is 11.7. The molecule has 0 saturated carbocycles. The standard InChI is InChI=1S/C26H26F2N4O3/c1-2-30-25(34)24-20(14-33)19-13-31-22(6-4-18(26(31)35)15-7-9-29-10-8-15)23(19)32(24)12-16-11-17(27)3-5-21(16)28/h3-11,19-20,23-24,33H,2,12-14H2,1H3,(H,30,34)/t19-,20-,23+,24-/m0/s1. The number of halogens is 2. The van der Waals surface area contributed by atoms with E-state index in [1.807, 2.05) is 6.07 Å². The van der Waals surface area contributed by atoms with E-state index in [2.05, 4.69) is 10.3 Å². The Bertz CT molecular complexity index is 1310. The Hall–Kier alpha value is -3.43. The first-order chi connectivity index (χ1) is 16.9. The van der Waals surface area contributed by atoms with Crippen LogP contribution in [0, 0.1) is 23.5 Å². The van der Waals surface area contributed by atoms with Gasteiger partial charge in [-0.1, -0.05) is 0 Å². The van der Waals surface area contributed by atoms with Crippen LogP contribution in [0.25, 0.3) is 11.1 Å². The molecule has 4 atom stereocenters. The fraction of sp³-hybridized carbons (Fsp3) is 0.346. The van der Waals surface area contributed by atoms with Crippen molar-refractivity contribution in [1.29, 1.82) is 0 Å². The minimum atomic E-state index is -0.749. The molecule has 1 amide bonds. The summed E-state index contributed by atoms with van der Waals surface area (Å²) in [6.07, 6.45) is 3.24. The SMILES string of the molecule is CCNC(=O)[C@@H]1[C@@H](CO)[C@@H]2Cn3c(ccc(-c4ccncc4)c3=O)[C@@H]2N1Cc1cc(F)ccc1F. The van der Waals surface area contributed by atoms with Crippen LogP contribution in [0.1, 0.15) is 24.2 Å². The topological polar surface area (TPSA) is 87.5 Å². The number of fused-ring (bicyclic) bond motifs is 3. The van der Waals surface area contributed by atoms with Crippen LogP contribution in [0.2, 0.25) is 0 Å². The number of likely N-dealkylation sites (tertiary alicyclic amines) is 1. The fourth-order valence-corrected chi connectivity index (χ4v) is 5.68. The number of nitrogens with one attached hydrogen (secondary N) is 1. The van der Waals surface area contributed by atoms with E-state index in [4.69, 9.17) is 0 Å². The van der Waals surface area contributed by atoms with Gasteiger partial charge in [-0.25, -0.2) is 8.78 Å². The quantitative estimate of drug-likeness (QED) is 0.566. The minimum Gasteiger partial charge on any atom is -0.396 e. The number of aromatic nitrogens is 2. The molecule has 3 aromatic rings. The molecule has 0 bridgehead atoms. The van der Waals surface area contributed by atoms with Gasteiger partial charge < -0.3 is 15.0 Å². The molecule has 0 radical (unpaired) electrons. The molecule has 0 spiro atoms. The third kappa shape index (κ3) is 3.94. The maximum Gasteiger partial charge on any atom is 0.258 e. The van der Waals surface area contributed by atoms with E-state index in [1.54, 1.807) is 47.0 Å². The number of pyridine rings is 2. The Kier molecular flexibility index (Phi) is 6.21. The number of aliphatic hydroxyl groups is 1. The summed E-state index contributed by atoms with van der Waals surface area (Å²) in [7, 11) is 0. The van der Waals surface area contributed by atoms with E-state index < -0.39 is 29.6 Å².